The first-order valence-corrected chi connectivity index (χ1v) is 5.87. The van der Waals surface area contributed by atoms with Crippen molar-refractivity contribution >= 4 is 5.97 Å². The summed E-state index contributed by atoms with van der Waals surface area (Å²) in [6.07, 6.45) is -0.584. The number of aromatic hydroxyl groups is 1. The molecule has 0 spiro atoms. The lowest BCUT2D eigenvalue weighted by molar-refractivity contribution is 0.0453. The maximum absolute atomic E-state index is 11.8. The number of benzene rings is 2. The molecule has 1 N–H and O–H groups in total. The van der Waals surface area contributed by atoms with E-state index in [2.05, 4.69) is 0 Å². The normalized spacial score (nSPS) is 16.9. The highest BCUT2D eigenvalue weighted by Crippen LogP contribution is 2.40. The fourth-order valence-corrected chi connectivity index (χ4v) is 2.24. The third-order valence-electron chi connectivity index (χ3n) is 3.21. The van der Waals surface area contributed by atoms with Gasteiger partial charge in [-0.2, -0.15) is 0 Å². The number of methoxy groups -OCH3 is 1. The van der Waals surface area contributed by atoms with Gasteiger partial charge in [-0.1, -0.05) is 18.2 Å². The number of carbonyl (C=O) groups excluding carboxylic acids is 1. The Hall–Kier alpha value is -2.49. The average molecular weight is 256 g/mol. The molecule has 4 heteroatoms. The fraction of sp³-hybridized carbons (Fsp3) is 0.133. The zero-order valence-corrected chi connectivity index (χ0v) is 10.3. The van der Waals surface area contributed by atoms with Crippen molar-refractivity contribution in [3.8, 4) is 11.5 Å². The molecule has 0 amide bonds. The van der Waals surface area contributed by atoms with Gasteiger partial charge in [-0.3, -0.25) is 0 Å². The first-order chi connectivity index (χ1) is 9.20. The minimum Gasteiger partial charge on any atom is -0.508 e. The number of para-hydroxylation sites is 1. The van der Waals surface area contributed by atoms with E-state index in [0.29, 0.717) is 22.4 Å². The van der Waals surface area contributed by atoms with Crippen molar-refractivity contribution in [3.05, 3.63) is 59.2 Å². The Labute approximate surface area is 110 Å². The standard InChI is InChI=1S/C15H12O4/c1-18-9-6-7-10-12(8-9)14(19-15(10)17)11-4-2-3-5-13(11)16/h2-8,14,16H,1H3. The van der Waals surface area contributed by atoms with Crippen molar-refractivity contribution in [2.45, 2.75) is 6.10 Å². The summed E-state index contributed by atoms with van der Waals surface area (Å²) >= 11 is 0. The first kappa shape index (κ1) is 11.6. The van der Waals surface area contributed by atoms with Crippen LogP contribution in [-0.4, -0.2) is 18.2 Å². The number of phenolic OH excluding ortho intramolecular Hbond substituents is 1. The number of esters is 1. The van der Waals surface area contributed by atoms with Crippen molar-refractivity contribution in [1.29, 1.82) is 0 Å². The van der Waals surface area contributed by atoms with Gasteiger partial charge in [-0.15, -0.1) is 0 Å². The van der Waals surface area contributed by atoms with Gasteiger partial charge in [0.1, 0.15) is 11.5 Å². The van der Waals surface area contributed by atoms with Crippen molar-refractivity contribution in [2.24, 2.45) is 0 Å². The Morgan fingerprint density at radius 2 is 1.95 bits per heavy atom. The lowest BCUT2D eigenvalue weighted by Crippen LogP contribution is -2.00. The number of cyclic esters (lactones) is 1. The van der Waals surface area contributed by atoms with E-state index >= 15 is 0 Å². The smallest absolute Gasteiger partial charge is 0.339 e. The van der Waals surface area contributed by atoms with Crippen LogP contribution in [0.5, 0.6) is 11.5 Å². The summed E-state index contributed by atoms with van der Waals surface area (Å²) in [6.45, 7) is 0. The van der Waals surface area contributed by atoms with E-state index in [1.807, 2.05) is 0 Å². The molecule has 2 aromatic rings. The molecule has 2 aromatic carbocycles. The van der Waals surface area contributed by atoms with E-state index in [4.69, 9.17) is 9.47 Å². The number of carbonyl (C=O) groups is 1. The van der Waals surface area contributed by atoms with Gasteiger partial charge in [0.15, 0.2) is 6.10 Å². The zero-order valence-electron chi connectivity index (χ0n) is 10.3. The molecule has 3 rings (SSSR count). The summed E-state index contributed by atoms with van der Waals surface area (Å²) in [6, 6.07) is 12.0. The molecular formula is C15H12O4. The van der Waals surface area contributed by atoms with Crippen LogP contribution in [0.4, 0.5) is 0 Å². The van der Waals surface area contributed by atoms with Crippen molar-refractivity contribution < 1.29 is 19.4 Å². The third-order valence-corrected chi connectivity index (χ3v) is 3.21. The van der Waals surface area contributed by atoms with Crippen LogP contribution < -0.4 is 4.74 Å². The van der Waals surface area contributed by atoms with Gasteiger partial charge in [-0.05, 0) is 24.3 Å². The Morgan fingerprint density at radius 1 is 1.16 bits per heavy atom. The molecule has 0 fully saturated rings. The number of phenols is 1. The molecule has 1 aliphatic rings. The van der Waals surface area contributed by atoms with E-state index in [1.165, 1.54) is 0 Å². The van der Waals surface area contributed by atoms with Gasteiger partial charge in [0, 0.05) is 11.1 Å². The van der Waals surface area contributed by atoms with Crippen molar-refractivity contribution in [1.82, 2.24) is 0 Å². The summed E-state index contributed by atoms with van der Waals surface area (Å²) in [5.74, 6) is 0.374. The Bertz CT molecular complexity index is 648. The van der Waals surface area contributed by atoms with Crippen molar-refractivity contribution in [3.63, 3.8) is 0 Å². The molecule has 1 atom stereocenters. The van der Waals surface area contributed by atoms with E-state index in [0.717, 1.165) is 0 Å². The lowest BCUT2D eigenvalue weighted by atomic mass is 9.98. The van der Waals surface area contributed by atoms with Crippen LogP contribution in [0.15, 0.2) is 42.5 Å². The largest absolute Gasteiger partial charge is 0.508 e. The van der Waals surface area contributed by atoms with Crippen molar-refractivity contribution in [2.75, 3.05) is 7.11 Å². The molecule has 96 valence electrons. The van der Waals surface area contributed by atoms with Crippen LogP contribution in [0.3, 0.4) is 0 Å². The topological polar surface area (TPSA) is 55.8 Å². The van der Waals surface area contributed by atoms with Crippen LogP contribution in [0.1, 0.15) is 27.6 Å². The third kappa shape index (κ3) is 1.81. The molecule has 1 aliphatic heterocycles. The quantitative estimate of drug-likeness (QED) is 0.839. The van der Waals surface area contributed by atoms with E-state index in [1.54, 1.807) is 49.6 Å². The van der Waals surface area contributed by atoms with Gasteiger partial charge >= 0.3 is 5.97 Å². The number of ether oxygens (including phenoxy) is 2. The minimum absolute atomic E-state index is 0.107. The second kappa shape index (κ2) is 4.31. The summed E-state index contributed by atoms with van der Waals surface area (Å²) in [7, 11) is 1.56. The number of hydrogen-bond donors (Lipinski definition) is 1. The van der Waals surface area contributed by atoms with E-state index in [9.17, 15) is 9.90 Å². The summed E-state index contributed by atoms with van der Waals surface area (Å²) < 4.78 is 10.5. The number of rotatable bonds is 2. The van der Waals surface area contributed by atoms with Gasteiger partial charge in [-0.25, -0.2) is 4.79 Å². The molecule has 0 aliphatic carbocycles. The predicted molar refractivity (Wildman–Crippen MR) is 68.4 cm³/mol. The zero-order chi connectivity index (χ0) is 13.4. The molecule has 1 heterocycles. The summed E-state index contributed by atoms with van der Waals surface area (Å²) in [5, 5.41) is 9.89. The van der Waals surface area contributed by atoms with E-state index < -0.39 is 6.10 Å². The first-order valence-electron chi connectivity index (χ1n) is 5.87. The monoisotopic (exact) mass is 256 g/mol. The van der Waals surface area contributed by atoms with Crippen LogP contribution in [0, 0.1) is 0 Å². The molecule has 1 unspecified atom stereocenters. The van der Waals surface area contributed by atoms with Crippen LogP contribution in [0.25, 0.3) is 0 Å². The van der Waals surface area contributed by atoms with Gasteiger partial charge in [0.05, 0.1) is 12.7 Å². The second-order valence-electron chi connectivity index (χ2n) is 4.30. The molecule has 0 aromatic heterocycles. The minimum atomic E-state index is -0.584. The summed E-state index contributed by atoms with van der Waals surface area (Å²) in [5.41, 5.74) is 1.79. The van der Waals surface area contributed by atoms with E-state index in [-0.39, 0.29) is 11.7 Å². The van der Waals surface area contributed by atoms with Crippen LogP contribution >= 0.6 is 0 Å². The molecule has 19 heavy (non-hydrogen) atoms. The Morgan fingerprint density at radius 3 is 2.68 bits per heavy atom. The molecular weight excluding hydrogens is 244 g/mol. The SMILES string of the molecule is COc1ccc2c(c1)C(c1ccccc1O)OC2=O. The Kier molecular flexibility index (Phi) is 2.63. The lowest BCUT2D eigenvalue weighted by Gasteiger charge is -2.13. The number of hydrogen-bond acceptors (Lipinski definition) is 4. The average Bonchev–Trinajstić information content (AvgIpc) is 2.76. The molecule has 0 radical (unpaired) electrons. The highest BCUT2D eigenvalue weighted by Gasteiger charge is 2.33. The van der Waals surface area contributed by atoms with Crippen LogP contribution in [-0.2, 0) is 4.74 Å². The Balaban J connectivity index is 2.13. The second-order valence-corrected chi connectivity index (χ2v) is 4.30. The van der Waals surface area contributed by atoms with Crippen LogP contribution in [0.2, 0.25) is 0 Å². The maximum Gasteiger partial charge on any atom is 0.339 e. The molecule has 0 saturated carbocycles. The molecule has 0 bridgehead atoms. The number of fused-ring (bicyclic) bond motifs is 1. The molecule has 0 saturated heterocycles. The fourth-order valence-electron chi connectivity index (χ4n) is 2.24. The highest BCUT2D eigenvalue weighted by molar-refractivity contribution is 5.94. The van der Waals surface area contributed by atoms with Gasteiger partial charge in [0.2, 0.25) is 0 Å². The van der Waals surface area contributed by atoms with Gasteiger partial charge < -0.3 is 14.6 Å². The molecule has 4 nitrogen and oxygen atoms in total. The summed E-state index contributed by atoms with van der Waals surface area (Å²) in [4.78, 5) is 11.8. The predicted octanol–water partition coefficient (Wildman–Crippen LogP) is 2.66. The maximum atomic E-state index is 11.8. The van der Waals surface area contributed by atoms with Gasteiger partial charge in [0.25, 0.3) is 0 Å². The highest BCUT2D eigenvalue weighted by atomic mass is 16.5.